The Morgan fingerprint density at radius 1 is 1.30 bits per heavy atom. The van der Waals surface area contributed by atoms with Gasteiger partial charge >= 0.3 is 166 Å². The number of benzene rings is 1. The van der Waals surface area contributed by atoms with E-state index in [4.69, 9.17) is 4.74 Å². The maximum absolute atomic E-state index is 12.4. The summed E-state index contributed by atoms with van der Waals surface area (Å²) in [6.45, 7) is 3.91. The summed E-state index contributed by atoms with van der Waals surface area (Å²) < 4.78 is 16.8. The molecule has 1 heterocycles. The molecule has 1 aliphatic heterocycles. The van der Waals surface area contributed by atoms with E-state index in [2.05, 4.69) is 29.6 Å². The first-order valence-corrected chi connectivity index (χ1v) is 11.9. The Labute approximate surface area is 172 Å². The number of thioether (sulfide) groups is 2. The Bertz CT molecular complexity index is 570. The van der Waals surface area contributed by atoms with Crippen LogP contribution in [0.4, 0.5) is 0 Å². The molecule has 0 radical (unpaired) electrons. The van der Waals surface area contributed by atoms with E-state index < -0.39 is 6.04 Å². The van der Waals surface area contributed by atoms with Crippen molar-refractivity contribution in [3.63, 3.8) is 0 Å². The van der Waals surface area contributed by atoms with Gasteiger partial charge < -0.3 is 0 Å². The van der Waals surface area contributed by atoms with Crippen molar-refractivity contribution in [2.45, 2.75) is 56.3 Å². The first-order valence-electron chi connectivity index (χ1n) is 9.78. The molecule has 1 aromatic carbocycles. The number of carbonyl (C=O) groups is 1. The molecular formula is C20H30BNO3S2. The normalized spacial score (nSPS) is 18.3. The molecule has 1 saturated heterocycles. The summed E-state index contributed by atoms with van der Waals surface area (Å²) in [6, 6.07) is 10.2. The molecular weight excluding hydrogens is 377 g/mol. The van der Waals surface area contributed by atoms with Gasteiger partial charge in [-0.05, 0) is 0 Å². The number of ether oxygens (including phenoxy) is 1. The zero-order chi connectivity index (χ0) is 19.5. The van der Waals surface area contributed by atoms with Gasteiger partial charge in [-0.25, -0.2) is 0 Å². The van der Waals surface area contributed by atoms with Crippen molar-refractivity contribution in [1.29, 1.82) is 0 Å². The van der Waals surface area contributed by atoms with Crippen molar-refractivity contribution >= 4 is 36.6 Å². The quantitative estimate of drug-likeness (QED) is 0.446. The van der Waals surface area contributed by atoms with E-state index in [0.29, 0.717) is 16.9 Å². The standard InChI is InChI=1S/C20H30BNO3S2/c1-3-18(22-14-21-24)19(23)25-15(2)12-17(20-26-10-7-11-27-20)13-16-8-5-4-6-9-16/h4-6,8-9,15,17-18,20,22H,3,7,10-14H2,1-2H3. The van der Waals surface area contributed by atoms with Crippen LogP contribution in [0.2, 0.25) is 0 Å². The van der Waals surface area contributed by atoms with Crippen molar-refractivity contribution in [2.75, 3.05) is 17.9 Å². The molecule has 4 nitrogen and oxygen atoms in total. The fraction of sp³-hybridized carbons (Fsp3) is 0.650. The second-order valence-corrected chi connectivity index (χ2v) is 9.73. The third kappa shape index (κ3) is 8.00. The van der Waals surface area contributed by atoms with E-state index in [9.17, 15) is 9.50 Å². The van der Waals surface area contributed by atoms with E-state index in [1.54, 1.807) is 0 Å². The molecule has 0 bridgehead atoms. The van der Waals surface area contributed by atoms with Gasteiger partial charge in [0.05, 0.1) is 0 Å². The molecule has 0 saturated carbocycles. The Hall–Kier alpha value is -0.785. The van der Waals surface area contributed by atoms with Crippen LogP contribution in [0.1, 0.15) is 38.7 Å². The Kier molecular flexibility index (Phi) is 10.5. The topological polar surface area (TPSA) is 55.4 Å². The van der Waals surface area contributed by atoms with Crippen LogP contribution >= 0.6 is 23.5 Å². The summed E-state index contributed by atoms with van der Waals surface area (Å²) in [6.07, 6.45) is 3.79. The first kappa shape index (κ1) is 22.5. The van der Waals surface area contributed by atoms with Crippen LogP contribution < -0.4 is 5.32 Å². The maximum atomic E-state index is 12.4. The van der Waals surface area contributed by atoms with Crippen molar-refractivity contribution in [3.05, 3.63) is 35.9 Å². The number of rotatable bonds is 11. The van der Waals surface area contributed by atoms with Gasteiger partial charge in [0.15, 0.2) is 0 Å². The molecule has 1 N–H and O–H groups in total. The number of hydrogen-bond acceptors (Lipinski definition) is 6. The molecule has 0 aromatic heterocycles. The second kappa shape index (κ2) is 12.6. The van der Waals surface area contributed by atoms with Gasteiger partial charge in [-0.1, -0.05) is 6.07 Å². The third-order valence-corrected chi connectivity index (χ3v) is 7.96. The van der Waals surface area contributed by atoms with Crippen LogP contribution in [0.5, 0.6) is 0 Å². The van der Waals surface area contributed by atoms with Gasteiger partial charge in [0.25, 0.3) is 0 Å². The number of esters is 1. The molecule has 0 amide bonds. The molecule has 27 heavy (non-hydrogen) atoms. The van der Waals surface area contributed by atoms with E-state index in [1.165, 1.54) is 23.5 Å². The third-order valence-electron chi connectivity index (χ3n) is 4.67. The van der Waals surface area contributed by atoms with Crippen molar-refractivity contribution in [1.82, 2.24) is 5.32 Å². The minimum atomic E-state index is -0.413. The second-order valence-electron chi connectivity index (χ2n) is 6.93. The van der Waals surface area contributed by atoms with E-state index >= 15 is 0 Å². The summed E-state index contributed by atoms with van der Waals surface area (Å²) in [7, 11) is 0.771. The van der Waals surface area contributed by atoms with Gasteiger partial charge in [0, 0.05) is 0 Å². The van der Waals surface area contributed by atoms with Crippen molar-refractivity contribution in [3.8, 4) is 0 Å². The molecule has 7 heteroatoms. The van der Waals surface area contributed by atoms with E-state index in [0.717, 1.165) is 20.0 Å². The van der Waals surface area contributed by atoms with Gasteiger partial charge in [0.2, 0.25) is 0 Å². The summed E-state index contributed by atoms with van der Waals surface area (Å²) in [5.74, 6) is 2.64. The summed E-state index contributed by atoms with van der Waals surface area (Å²) in [5.41, 5.74) is 1.34. The number of nitrogens with one attached hydrogen (secondary N) is 1. The molecule has 1 fully saturated rings. The van der Waals surface area contributed by atoms with E-state index in [-0.39, 0.29) is 18.5 Å². The van der Waals surface area contributed by atoms with Crippen LogP contribution in [0.25, 0.3) is 0 Å². The first-order chi connectivity index (χ1) is 13.1. The Morgan fingerprint density at radius 2 is 2.00 bits per heavy atom. The van der Waals surface area contributed by atoms with Crippen molar-refractivity contribution in [2.24, 2.45) is 5.92 Å². The molecule has 0 aliphatic carbocycles. The van der Waals surface area contributed by atoms with Crippen LogP contribution in [-0.4, -0.2) is 47.8 Å². The molecule has 3 atom stereocenters. The number of hydrogen-bond donors (Lipinski definition) is 1. The van der Waals surface area contributed by atoms with Gasteiger partial charge in [0.1, 0.15) is 0 Å². The molecule has 3 unspecified atom stereocenters. The fourth-order valence-corrected chi connectivity index (χ4v) is 6.52. The molecule has 148 valence electrons. The zero-order valence-electron chi connectivity index (χ0n) is 16.3. The average molecular weight is 407 g/mol. The Balaban J connectivity index is 1.96. The van der Waals surface area contributed by atoms with Gasteiger partial charge in [-0.3, -0.25) is 0 Å². The van der Waals surface area contributed by atoms with E-state index in [1.807, 2.05) is 43.4 Å². The Morgan fingerprint density at radius 3 is 2.63 bits per heavy atom. The number of carbonyl (C=O) groups excluding carboxylic acids is 1. The van der Waals surface area contributed by atoms with Crippen LogP contribution in [-0.2, 0) is 20.7 Å². The molecule has 2 rings (SSSR count). The van der Waals surface area contributed by atoms with Crippen LogP contribution in [0.3, 0.4) is 0 Å². The predicted octanol–water partition coefficient (Wildman–Crippen LogP) is 3.74. The molecule has 1 aromatic rings. The summed E-state index contributed by atoms with van der Waals surface area (Å²) in [4.78, 5) is 12.4. The summed E-state index contributed by atoms with van der Waals surface area (Å²) in [5, 5.41) is 2.93. The zero-order valence-corrected chi connectivity index (χ0v) is 17.9. The minimum absolute atomic E-state index is 0.138. The SMILES string of the molecule is CCC(NCB=O)C(=O)OC(C)CC(Cc1ccccc1)C1SCCCS1. The monoisotopic (exact) mass is 407 g/mol. The van der Waals surface area contributed by atoms with Crippen LogP contribution in [0, 0.1) is 5.92 Å². The summed E-state index contributed by atoms with van der Waals surface area (Å²) >= 11 is 4.09. The predicted molar refractivity (Wildman–Crippen MR) is 116 cm³/mol. The van der Waals surface area contributed by atoms with Crippen molar-refractivity contribution < 1.29 is 14.2 Å². The molecule has 1 aliphatic rings. The van der Waals surface area contributed by atoms with Gasteiger partial charge in [-0.15, -0.1) is 0 Å². The van der Waals surface area contributed by atoms with Crippen LogP contribution in [0.15, 0.2) is 30.3 Å². The fourth-order valence-electron chi connectivity index (χ4n) is 3.33. The molecule has 0 spiro atoms. The average Bonchev–Trinajstić information content (AvgIpc) is 2.69. The van der Waals surface area contributed by atoms with Gasteiger partial charge in [-0.2, -0.15) is 0 Å².